The number of hydrogen-bond donors (Lipinski definition) is 1. The van der Waals surface area contributed by atoms with Crippen LogP contribution in [-0.4, -0.2) is 79.9 Å². The van der Waals surface area contributed by atoms with Gasteiger partial charge >= 0.3 is 0 Å². The lowest BCUT2D eigenvalue weighted by atomic mass is 9.88. The van der Waals surface area contributed by atoms with E-state index < -0.39 is 10.0 Å². The Kier molecular flexibility index (Phi) is 7.03. The Hall–Kier alpha value is -3.44. The molecule has 3 aromatic rings. The summed E-state index contributed by atoms with van der Waals surface area (Å²) in [6.45, 7) is 5.43. The topological polar surface area (TPSA) is 104 Å². The maximum atomic E-state index is 12.6. The number of rotatable bonds is 6. The predicted molar refractivity (Wildman–Crippen MR) is 146 cm³/mol. The molecule has 11 heteroatoms. The number of benzene rings is 1. The van der Waals surface area contributed by atoms with E-state index in [1.807, 2.05) is 6.07 Å². The number of piperazine rings is 1. The van der Waals surface area contributed by atoms with Gasteiger partial charge in [0.2, 0.25) is 0 Å². The molecule has 0 spiro atoms. The molecule has 38 heavy (non-hydrogen) atoms. The van der Waals surface area contributed by atoms with Gasteiger partial charge in [0.05, 0.1) is 24.1 Å². The van der Waals surface area contributed by atoms with Crippen molar-refractivity contribution in [2.75, 3.05) is 53.9 Å². The molecule has 0 unspecified atom stereocenters. The maximum absolute atomic E-state index is 12.6. The highest BCUT2D eigenvalue weighted by molar-refractivity contribution is 7.92. The van der Waals surface area contributed by atoms with Crippen LogP contribution in [0.15, 0.2) is 66.0 Å². The normalized spacial score (nSPS) is 22.4. The van der Waals surface area contributed by atoms with Crippen LogP contribution in [0.25, 0.3) is 0 Å². The van der Waals surface area contributed by atoms with Crippen molar-refractivity contribution < 1.29 is 13.2 Å². The summed E-state index contributed by atoms with van der Waals surface area (Å²) in [5.74, 6) is 1.22. The van der Waals surface area contributed by atoms with Gasteiger partial charge < -0.3 is 14.5 Å². The predicted octanol–water partition coefficient (Wildman–Crippen LogP) is 3.00. The van der Waals surface area contributed by atoms with Crippen LogP contribution in [-0.2, 0) is 10.0 Å². The molecule has 6 rings (SSSR count). The Morgan fingerprint density at radius 2 is 1.68 bits per heavy atom. The number of aromatic nitrogens is 3. The van der Waals surface area contributed by atoms with E-state index in [2.05, 4.69) is 52.8 Å². The SMILES string of the molecule is O=S(=O)(Nc1cc(N2CCN([C@H]3CC[C@@H](N4CCOc5ccccc54)CC3)CC2)cnn1)c1cccnc1. The fourth-order valence-electron chi connectivity index (χ4n) is 5.93. The van der Waals surface area contributed by atoms with Crippen molar-refractivity contribution in [2.24, 2.45) is 0 Å². The van der Waals surface area contributed by atoms with Gasteiger partial charge in [0.25, 0.3) is 10.0 Å². The quantitative estimate of drug-likeness (QED) is 0.510. The van der Waals surface area contributed by atoms with Gasteiger partial charge in [0.15, 0.2) is 5.82 Å². The van der Waals surface area contributed by atoms with Crippen molar-refractivity contribution in [3.8, 4) is 5.75 Å². The summed E-state index contributed by atoms with van der Waals surface area (Å²) in [5.41, 5.74) is 2.11. The molecule has 1 aliphatic carbocycles. The second kappa shape index (κ2) is 10.7. The number of nitrogens with one attached hydrogen (secondary N) is 1. The lowest BCUT2D eigenvalue weighted by Gasteiger charge is -2.45. The number of nitrogens with zero attached hydrogens (tertiary/aromatic N) is 6. The van der Waals surface area contributed by atoms with E-state index in [4.69, 9.17) is 4.74 Å². The minimum absolute atomic E-state index is 0.0911. The number of sulfonamides is 1. The van der Waals surface area contributed by atoms with E-state index in [0.717, 1.165) is 50.8 Å². The standard InChI is InChI=1S/C27H33N7O3S/c35-38(36,24-4-3-11-28-20-24)31-27-18-23(19-29-30-27)33-14-12-32(13-15-33)21-7-9-22(10-8-21)34-16-17-37-26-6-2-1-5-25(26)34/h1-6,11,18-22H,7-10,12-17H2,(H,30,31)/t21-,22+. The van der Waals surface area contributed by atoms with Crippen molar-refractivity contribution in [3.05, 3.63) is 61.1 Å². The first-order valence-electron chi connectivity index (χ1n) is 13.3. The van der Waals surface area contributed by atoms with Crippen molar-refractivity contribution >= 4 is 27.2 Å². The van der Waals surface area contributed by atoms with Gasteiger partial charge in [-0.25, -0.2) is 8.42 Å². The van der Waals surface area contributed by atoms with Crippen LogP contribution < -0.4 is 19.3 Å². The zero-order valence-electron chi connectivity index (χ0n) is 21.3. The Labute approximate surface area is 223 Å². The Morgan fingerprint density at radius 1 is 0.895 bits per heavy atom. The van der Waals surface area contributed by atoms with E-state index >= 15 is 0 Å². The van der Waals surface area contributed by atoms with Gasteiger partial charge in [0, 0.05) is 56.7 Å². The lowest BCUT2D eigenvalue weighted by molar-refractivity contribution is 0.139. The van der Waals surface area contributed by atoms with Crippen molar-refractivity contribution in [1.82, 2.24) is 20.1 Å². The number of pyridine rings is 1. The number of ether oxygens (including phenoxy) is 1. The molecule has 200 valence electrons. The monoisotopic (exact) mass is 535 g/mol. The molecular formula is C27H33N7O3S. The molecule has 3 aliphatic rings. The largest absolute Gasteiger partial charge is 0.490 e. The van der Waals surface area contributed by atoms with Gasteiger partial charge in [-0.1, -0.05) is 12.1 Å². The molecule has 2 fully saturated rings. The average molecular weight is 536 g/mol. The molecule has 1 saturated carbocycles. The Bertz CT molecular complexity index is 1340. The smallest absolute Gasteiger partial charge is 0.264 e. The third kappa shape index (κ3) is 5.25. The first-order chi connectivity index (χ1) is 18.6. The maximum Gasteiger partial charge on any atom is 0.264 e. The van der Waals surface area contributed by atoms with E-state index in [0.29, 0.717) is 12.1 Å². The molecule has 1 N–H and O–H groups in total. The molecule has 2 aromatic heterocycles. The summed E-state index contributed by atoms with van der Waals surface area (Å²) in [5, 5.41) is 8.04. The number of anilines is 3. The lowest BCUT2D eigenvalue weighted by Crippen LogP contribution is -2.53. The van der Waals surface area contributed by atoms with Crippen molar-refractivity contribution in [3.63, 3.8) is 0 Å². The molecule has 0 atom stereocenters. The highest BCUT2D eigenvalue weighted by Crippen LogP contribution is 2.37. The average Bonchev–Trinajstić information content (AvgIpc) is 2.97. The minimum Gasteiger partial charge on any atom is -0.490 e. The van der Waals surface area contributed by atoms with Crippen LogP contribution in [0.1, 0.15) is 25.7 Å². The van der Waals surface area contributed by atoms with Gasteiger partial charge in [-0.15, -0.1) is 5.10 Å². The van der Waals surface area contributed by atoms with E-state index in [9.17, 15) is 8.42 Å². The molecule has 0 amide bonds. The van der Waals surface area contributed by atoms with Gasteiger partial charge in [-0.05, 0) is 49.9 Å². The molecule has 0 radical (unpaired) electrons. The highest BCUT2D eigenvalue weighted by Gasteiger charge is 2.32. The summed E-state index contributed by atoms with van der Waals surface area (Å²) >= 11 is 0. The zero-order valence-corrected chi connectivity index (χ0v) is 22.1. The fraction of sp³-hybridized carbons (Fsp3) is 0.444. The third-order valence-electron chi connectivity index (χ3n) is 7.89. The second-order valence-electron chi connectivity index (χ2n) is 10.1. The van der Waals surface area contributed by atoms with E-state index in [1.165, 1.54) is 49.8 Å². The zero-order chi connectivity index (χ0) is 26.0. The van der Waals surface area contributed by atoms with Crippen LogP contribution in [0.2, 0.25) is 0 Å². The molecular weight excluding hydrogens is 502 g/mol. The fourth-order valence-corrected chi connectivity index (χ4v) is 6.88. The van der Waals surface area contributed by atoms with E-state index in [1.54, 1.807) is 18.3 Å². The molecule has 10 nitrogen and oxygen atoms in total. The third-order valence-corrected chi connectivity index (χ3v) is 9.23. The number of hydrogen-bond acceptors (Lipinski definition) is 9. The second-order valence-corrected chi connectivity index (χ2v) is 11.8. The van der Waals surface area contributed by atoms with Crippen LogP contribution >= 0.6 is 0 Å². The molecule has 0 bridgehead atoms. The molecule has 1 aromatic carbocycles. The Balaban J connectivity index is 1.03. The molecule has 2 aliphatic heterocycles. The first kappa shape index (κ1) is 24.9. The van der Waals surface area contributed by atoms with Gasteiger partial charge in [0.1, 0.15) is 17.3 Å². The number of para-hydroxylation sites is 2. The van der Waals surface area contributed by atoms with E-state index in [-0.39, 0.29) is 10.7 Å². The summed E-state index contributed by atoms with van der Waals surface area (Å²) in [6.07, 6.45) is 9.37. The van der Waals surface area contributed by atoms with Crippen LogP contribution in [0.4, 0.5) is 17.2 Å². The van der Waals surface area contributed by atoms with Crippen LogP contribution in [0, 0.1) is 0 Å². The Morgan fingerprint density at radius 3 is 2.47 bits per heavy atom. The summed E-state index contributed by atoms with van der Waals surface area (Å²) < 4.78 is 33.7. The minimum atomic E-state index is -3.77. The molecule has 4 heterocycles. The van der Waals surface area contributed by atoms with Crippen molar-refractivity contribution in [1.29, 1.82) is 0 Å². The van der Waals surface area contributed by atoms with Gasteiger partial charge in [-0.2, -0.15) is 5.10 Å². The van der Waals surface area contributed by atoms with Gasteiger partial charge in [-0.3, -0.25) is 14.6 Å². The summed E-state index contributed by atoms with van der Waals surface area (Å²) in [7, 11) is -3.77. The highest BCUT2D eigenvalue weighted by atomic mass is 32.2. The molecule has 1 saturated heterocycles. The first-order valence-corrected chi connectivity index (χ1v) is 14.8. The van der Waals surface area contributed by atoms with Crippen molar-refractivity contribution in [2.45, 2.75) is 42.7 Å². The number of fused-ring (bicyclic) bond motifs is 1. The summed E-state index contributed by atoms with van der Waals surface area (Å²) in [6, 6.07) is 14.4. The van der Waals surface area contributed by atoms with Crippen LogP contribution in [0.3, 0.4) is 0 Å². The van der Waals surface area contributed by atoms with Crippen LogP contribution in [0.5, 0.6) is 5.75 Å². The summed E-state index contributed by atoms with van der Waals surface area (Å²) in [4.78, 5) is 11.4.